The molecule has 0 saturated heterocycles. The highest BCUT2D eigenvalue weighted by atomic mass is 32.2. The maximum absolute atomic E-state index is 11.8. The van der Waals surface area contributed by atoms with Crippen molar-refractivity contribution in [3.8, 4) is 0 Å². The summed E-state index contributed by atoms with van der Waals surface area (Å²) in [6.45, 7) is 1.90. The number of carbonyl (C=O) groups is 3. The smallest absolute Gasteiger partial charge is 0.343 e. The number of esters is 1. The van der Waals surface area contributed by atoms with Crippen LogP contribution in [0.25, 0.3) is 0 Å². The highest BCUT2D eigenvalue weighted by Gasteiger charge is 2.19. The Morgan fingerprint density at radius 3 is 2.72 bits per heavy atom. The van der Waals surface area contributed by atoms with E-state index in [2.05, 4.69) is 20.6 Å². The molecule has 1 aromatic heterocycles. The average molecular weight is 367 g/mol. The van der Waals surface area contributed by atoms with E-state index in [1.807, 2.05) is 0 Å². The Kier molecular flexibility index (Phi) is 6.99. The second-order valence-electron chi connectivity index (χ2n) is 5.46. The molecule has 0 radical (unpaired) electrons. The van der Waals surface area contributed by atoms with E-state index >= 15 is 0 Å². The van der Waals surface area contributed by atoms with Gasteiger partial charge in [0.05, 0.1) is 12.4 Å². The van der Waals surface area contributed by atoms with Crippen LogP contribution in [0, 0.1) is 0 Å². The zero-order chi connectivity index (χ0) is 18.2. The lowest BCUT2D eigenvalue weighted by Gasteiger charge is -2.12. The Bertz CT molecular complexity index is 649. The first-order valence-corrected chi connectivity index (χ1v) is 9.01. The van der Waals surface area contributed by atoms with Gasteiger partial charge in [0.2, 0.25) is 5.91 Å². The quantitative estimate of drug-likeness (QED) is 0.386. The maximum atomic E-state index is 11.8. The fourth-order valence-electron chi connectivity index (χ4n) is 2.40. The minimum atomic E-state index is -0.599. The topological polar surface area (TPSA) is 136 Å². The van der Waals surface area contributed by atoms with E-state index in [0.29, 0.717) is 0 Å². The molecule has 136 valence electrons. The van der Waals surface area contributed by atoms with Crippen molar-refractivity contribution < 1.29 is 19.1 Å². The summed E-state index contributed by atoms with van der Waals surface area (Å²) >= 11 is 1.01. The number of imide groups is 1. The zero-order valence-corrected chi connectivity index (χ0v) is 14.7. The van der Waals surface area contributed by atoms with Crippen LogP contribution in [0.4, 0.5) is 10.6 Å². The van der Waals surface area contributed by atoms with E-state index < -0.39 is 17.9 Å². The summed E-state index contributed by atoms with van der Waals surface area (Å²) in [5.41, 5.74) is 5.78. The molecule has 0 aromatic carbocycles. The van der Waals surface area contributed by atoms with Gasteiger partial charge in [-0.1, -0.05) is 24.6 Å². The van der Waals surface area contributed by atoms with Crippen LogP contribution in [-0.2, 0) is 9.53 Å². The minimum Gasteiger partial charge on any atom is -0.462 e. The molecular weight excluding hydrogens is 346 g/mol. The van der Waals surface area contributed by atoms with Gasteiger partial charge in [-0.25, -0.2) is 19.6 Å². The summed E-state index contributed by atoms with van der Waals surface area (Å²) in [5.74, 6) is -1.12. The van der Waals surface area contributed by atoms with Crippen LogP contribution in [0.5, 0.6) is 0 Å². The molecule has 2 rings (SSSR count). The van der Waals surface area contributed by atoms with Crippen LogP contribution < -0.4 is 16.4 Å². The standard InChI is InChI=1S/C15H21N5O4S/c1-2-24-13(22)10-7-17-15(20-12(10)16)25-8-11(21)19-14(23)18-9-5-3-4-6-9/h7,9H,2-6,8H2,1H3,(H2,16,17,20)(H2,18,19,21,23). The van der Waals surface area contributed by atoms with Gasteiger partial charge in [-0.15, -0.1) is 0 Å². The molecule has 0 spiro atoms. The minimum absolute atomic E-state index is 0.0182. The maximum Gasteiger partial charge on any atom is 0.343 e. The van der Waals surface area contributed by atoms with Gasteiger partial charge in [-0.05, 0) is 19.8 Å². The SMILES string of the molecule is CCOC(=O)c1cnc(SCC(=O)NC(=O)NC2CCCC2)nc1N. The monoisotopic (exact) mass is 367 g/mol. The van der Waals surface area contributed by atoms with Crippen molar-refractivity contribution in [3.05, 3.63) is 11.8 Å². The molecular formula is C15H21N5O4S. The first kappa shape index (κ1) is 19.0. The molecule has 1 aromatic rings. The third-order valence-corrected chi connectivity index (χ3v) is 4.43. The number of urea groups is 1. The number of carbonyl (C=O) groups excluding carboxylic acids is 3. The highest BCUT2D eigenvalue weighted by Crippen LogP contribution is 2.18. The number of amides is 3. The molecule has 0 unspecified atom stereocenters. The van der Waals surface area contributed by atoms with Crippen LogP contribution in [0.2, 0.25) is 0 Å². The number of nitrogen functional groups attached to an aromatic ring is 1. The van der Waals surface area contributed by atoms with Gasteiger partial charge in [0.25, 0.3) is 0 Å². The molecule has 25 heavy (non-hydrogen) atoms. The van der Waals surface area contributed by atoms with E-state index in [0.717, 1.165) is 37.4 Å². The van der Waals surface area contributed by atoms with Crippen LogP contribution in [-0.4, -0.2) is 46.3 Å². The number of thioether (sulfide) groups is 1. The molecule has 1 aliphatic carbocycles. The molecule has 1 fully saturated rings. The van der Waals surface area contributed by atoms with Gasteiger partial charge < -0.3 is 15.8 Å². The molecule has 10 heteroatoms. The molecule has 1 saturated carbocycles. The van der Waals surface area contributed by atoms with E-state index in [1.54, 1.807) is 6.92 Å². The Morgan fingerprint density at radius 1 is 1.36 bits per heavy atom. The van der Waals surface area contributed by atoms with E-state index in [1.165, 1.54) is 6.20 Å². The number of hydrogen-bond acceptors (Lipinski definition) is 8. The number of nitrogens with two attached hydrogens (primary N) is 1. The molecule has 0 aliphatic heterocycles. The predicted molar refractivity (Wildman–Crippen MR) is 92.1 cm³/mol. The number of aromatic nitrogens is 2. The van der Waals surface area contributed by atoms with Crippen LogP contribution in [0.3, 0.4) is 0 Å². The van der Waals surface area contributed by atoms with Gasteiger partial charge in [0.1, 0.15) is 11.4 Å². The Hall–Kier alpha value is -2.36. The van der Waals surface area contributed by atoms with Crippen molar-refractivity contribution in [1.29, 1.82) is 0 Å². The largest absolute Gasteiger partial charge is 0.462 e. The fourth-order valence-corrected chi connectivity index (χ4v) is 3.02. The molecule has 0 bridgehead atoms. The Balaban J connectivity index is 1.79. The van der Waals surface area contributed by atoms with Crippen molar-refractivity contribution in [2.45, 2.75) is 43.8 Å². The summed E-state index contributed by atoms with van der Waals surface area (Å²) in [6, 6.07) is -0.352. The lowest BCUT2D eigenvalue weighted by Crippen LogP contribution is -2.44. The van der Waals surface area contributed by atoms with Crippen LogP contribution in [0.1, 0.15) is 43.0 Å². The lowest BCUT2D eigenvalue weighted by molar-refractivity contribution is -0.117. The second-order valence-corrected chi connectivity index (χ2v) is 6.41. The predicted octanol–water partition coefficient (Wildman–Crippen LogP) is 1.10. The van der Waals surface area contributed by atoms with Gasteiger partial charge in [-0.3, -0.25) is 10.1 Å². The molecule has 0 atom stereocenters. The van der Waals surface area contributed by atoms with Crippen molar-refractivity contribution in [2.75, 3.05) is 18.1 Å². The number of hydrogen-bond donors (Lipinski definition) is 3. The third-order valence-electron chi connectivity index (χ3n) is 3.57. The zero-order valence-electron chi connectivity index (χ0n) is 13.9. The Labute approximate surface area is 149 Å². The van der Waals surface area contributed by atoms with Crippen molar-refractivity contribution in [3.63, 3.8) is 0 Å². The van der Waals surface area contributed by atoms with Crippen LogP contribution in [0.15, 0.2) is 11.4 Å². The van der Waals surface area contributed by atoms with Gasteiger partial charge in [0, 0.05) is 12.2 Å². The van der Waals surface area contributed by atoms with E-state index in [-0.39, 0.29) is 34.9 Å². The average Bonchev–Trinajstić information content (AvgIpc) is 3.06. The number of rotatable bonds is 6. The van der Waals surface area contributed by atoms with E-state index in [4.69, 9.17) is 10.5 Å². The molecule has 3 amide bonds. The normalized spacial score (nSPS) is 14.1. The second kappa shape index (κ2) is 9.21. The van der Waals surface area contributed by atoms with Crippen molar-refractivity contribution >= 4 is 35.5 Å². The summed E-state index contributed by atoms with van der Waals surface area (Å²) in [7, 11) is 0. The molecule has 4 N–H and O–H groups in total. The first-order valence-electron chi connectivity index (χ1n) is 8.02. The summed E-state index contributed by atoms with van der Waals surface area (Å²) in [6.07, 6.45) is 5.32. The Morgan fingerprint density at radius 2 is 2.08 bits per heavy atom. The number of anilines is 1. The summed E-state index contributed by atoms with van der Waals surface area (Å²) in [5, 5.41) is 5.27. The van der Waals surface area contributed by atoms with E-state index in [9.17, 15) is 14.4 Å². The molecule has 1 heterocycles. The third kappa shape index (κ3) is 5.89. The van der Waals surface area contributed by atoms with Crippen molar-refractivity contribution in [1.82, 2.24) is 20.6 Å². The number of nitrogens with one attached hydrogen (secondary N) is 2. The molecule has 1 aliphatic rings. The van der Waals surface area contributed by atoms with Gasteiger partial charge in [0.15, 0.2) is 5.16 Å². The molecule has 9 nitrogen and oxygen atoms in total. The fraction of sp³-hybridized carbons (Fsp3) is 0.533. The van der Waals surface area contributed by atoms with Crippen molar-refractivity contribution in [2.24, 2.45) is 0 Å². The summed E-state index contributed by atoms with van der Waals surface area (Å²) in [4.78, 5) is 43.0. The van der Waals surface area contributed by atoms with Gasteiger partial charge >= 0.3 is 12.0 Å². The highest BCUT2D eigenvalue weighted by molar-refractivity contribution is 7.99. The van der Waals surface area contributed by atoms with Crippen LogP contribution >= 0.6 is 11.8 Å². The number of ether oxygens (including phenoxy) is 1. The summed E-state index contributed by atoms with van der Waals surface area (Å²) < 4.78 is 4.83. The number of nitrogens with zero attached hydrogens (tertiary/aromatic N) is 2. The lowest BCUT2D eigenvalue weighted by atomic mass is 10.2. The van der Waals surface area contributed by atoms with Gasteiger partial charge in [-0.2, -0.15) is 0 Å². The first-order chi connectivity index (χ1) is 12.0.